The first kappa shape index (κ1) is 64.4. The minimum atomic E-state index is -0.761. The Morgan fingerprint density at radius 3 is 0.606 bits per heavy atom. The third kappa shape index (κ3) is 53.4. The number of rotatable bonds is 56. The van der Waals surface area contributed by atoms with Crippen LogP contribution >= 0.6 is 0 Å². The SMILES string of the molecule is CCCCCCCCCCCCCCCCCCCCCC(=O)O[C@H](COC(=O)CCCCCCCCCCCCCC)COC(=O)CCCCCCCCCCCCCCCCCCC. The van der Waals surface area contributed by atoms with Gasteiger partial charge >= 0.3 is 17.9 Å². The van der Waals surface area contributed by atoms with Gasteiger partial charge in [-0.3, -0.25) is 14.4 Å². The summed E-state index contributed by atoms with van der Waals surface area (Å²) in [5.74, 6) is -0.830. The van der Waals surface area contributed by atoms with E-state index in [4.69, 9.17) is 14.2 Å². The number of hydrogen-bond donors (Lipinski definition) is 0. The number of esters is 3. The molecule has 0 saturated heterocycles. The summed E-state index contributed by atoms with van der Waals surface area (Å²) in [5, 5.41) is 0. The fourth-order valence-electron chi connectivity index (χ4n) is 9.33. The molecule has 0 unspecified atom stereocenters. The van der Waals surface area contributed by atoms with Gasteiger partial charge < -0.3 is 14.2 Å². The van der Waals surface area contributed by atoms with E-state index in [2.05, 4.69) is 20.8 Å². The van der Waals surface area contributed by atoms with E-state index in [0.717, 1.165) is 57.8 Å². The fourth-order valence-corrected chi connectivity index (χ4v) is 9.33. The second-order valence-electron chi connectivity index (χ2n) is 20.6. The predicted octanol–water partition coefficient (Wildman–Crippen LogP) is 19.9. The molecular weight excluding hydrogens is 817 g/mol. The van der Waals surface area contributed by atoms with Crippen molar-refractivity contribution < 1.29 is 28.6 Å². The average Bonchev–Trinajstić information content (AvgIpc) is 3.31. The molecule has 0 fully saturated rings. The van der Waals surface area contributed by atoms with Crippen LogP contribution in [0.25, 0.3) is 0 Å². The second kappa shape index (κ2) is 56.0. The molecule has 0 rings (SSSR count). The van der Waals surface area contributed by atoms with E-state index in [9.17, 15) is 14.4 Å². The standard InChI is InChI=1S/C60H116O6/c1-4-7-10-13-16-19-22-25-27-29-30-32-34-36-39-42-45-48-51-54-60(63)66-57(55-64-58(61)52-49-46-43-40-37-24-21-18-15-12-9-6-3)56-65-59(62)53-50-47-44-41-38-35-33-31-28-26-23-20-17-14-11-8-5-2/h57H,4-56H2,1-3H3/t57-/m1/s1. The molecule has 0 amide bonds. The molecule has 6 nitrogen and oxygen atoms in total. The molecule has 66 heavy (non-hydrogen) atoms. The maximum atomic E-state index is 12.9. The molecular formula is C60H116O6. The van der Waals surface area contributed by atoms with E-state index >= 15 is 0 Å². The number of carbonyl (C=O) groups is 3. The van der Waals surface area contributed by atoms with Gasteiger partial charge in [0.25, 0.3) is 0 Å². The molecule has 0 bridgehead atoms. The van der Waals surface area contributed by atoms with Crippen LogP contribution in [0.5, 0.6) is 0 Å². The zero-order valence-electron chi connectivity index (χ0n) is 45.0. The van der Waals surface area contributed by atoms with Gasteiger partial charge in [-0.1, -0.05) is 310 Å². The van der Waals surface area contributed by atoms with Crippen LogP contribution in [-0.2, 0) is 28.6 Å². The van der Waals surface area contributed by atoms with E-state index in [-0.39, 0.29) is 31.1 Å². The molecule has 0 heterocycles. The quantitative estimate of drug-likeness (QED) is 0.0343. The summed E-state index contributed by atoms with van der Waals surface area (Å²) in [6.07, 6.45) is 62.4. The molecule has 6 heteroatoms. The van der Waals surface area contributed by atoms with E-state index < -0.39 is 6.10 Å². The normalized spacial score (nSPS) is 11.9. The Kier molecular flexibility index (Phi) is 54.7. The van der Waals surface area contributed by atoms with Gasteiger partial charge in [-0.05, 0) is 19.3 Å². The van der Waals surface area contributed by atoms with Crippen LogP contribution in [0.1, 0.15) is 348 Å². The topological polar surface area (TPSA) is 78.9 Å². The summed E-state index contributed by atoms with van der Waals surface area (Å²) in [5.41, 5.74) is 0. The maximum Gasteiger partial charge on any atom is 0.306 e. The number of ether oxygens (including phenoxy) is 3. The Balaban J connectivity index is 4.25. The summed E-state index contributed by atoms with van der Waals surface area (Å²) in [4.78, 5) is 38.2. The van der Waals surface area contributed by atoms with Gasteiger partial charge in [-0.2, -0.15) is 0 Å². The Labute approximate surface area is 412 Å². The van der Waals surface area contributed by atoms with Gasteiger partial charge in [-0.25, -0.2) is 0 Å². The molecule has 392 valence electrons. The van der Waals surface area contributed by atoms with Crippen LogP contribution in [0.3, 0.4) is 0 Å². The smallest absolute Gasteiger partial charge is 0.306 e. The summed E-state index contributed by atoms with van der Waals surface area (Å²) < 4.78 is 16.9. The Morgan fingerprint density at radius 2 is 0.409 bits per heavy atom. The van der Waals surface area contributed by atoms with E-state index in [1.165, 1.54) is 250 Å². The van der Waals surface area contributed by atoms with Gasteiger partial charge in [0.2, 0.25) is 0 Å². The highest BCUT2D eigenvalue weighted by molar-refractivity contribution is 5.71. The molecule has 0 saturated carbocycles. The third-order valence-corrected chi connectivity index (χ3v) is 13.9. The monoisotopic (exact) mass is 933 g/mol. The lowest BCUT2D eigenvalue weighted by Crippen LogP contribution is -2.30. The highest BCUT2D eigenvalue weighted by Crippen LogP contribution is 2.18. The minimum Gasteiger partial charge on any atom is -0.462 e. The van der Waals surface area contributed by atoms with E-state index in [1.807, 2.05) is 0 Å². The number of carbonyl (C=O) groups excluding carboxylic acids is 3. The van der Waals surface area contributed by atoms with Crippen LogP contribution in [0.15, 0.2) is 0 Å². The maximum absolute atomic E-state index is 12.9. The highest BCUT2D eigenvalue weighted by Gasteiger charge is 2.19. The lowest BCUT2D eigenvalue weighted by molar-refractivity contribution is -0.167. The summed E-state index contributed by atoms with van der Waals surface area (Å²) in [7, 11) is 0. The molecule has 0 aromatic rings. The van der Waals surface area contributed by atoms with Crippen molar-refractivity contribution in [3.63, 3.8) is 0 Å². The molecule has 0 radical (unpaired) electrons. The zero-order chi connectivity index (χ0) is 47.9. The van der Waals surface area contributed by atoms with Gasteiger partial charge in [0.05, 0.1) is 0 Å². The van der Waals surface area contributed by atoms with Crippen molar-refractivity contribution in [1.29, 1.82) is 0 Å². The molecule has 1 atom stereocenters. The van der Waals surface area contributed by atoms with Crippen LogP contribution in [0.2, 0.25) is 0 Å². The lowest BCUT2D eigenvalue weighted by Gasteiger charge is -2.18. The van der Waals surface area contributed by atoms with Gasteiger partial charge in [0.15, 0.2) is 6.10 Å². The van der Waals surface area contributed by atoms with Gasteiger partial charge in [0.1, 0.15) is 13.2 Å². The molecule has 0 aliphatic carbocycles. The van der Waals surface area contributed by atoms with Crippen LogP contribution in [0.4, 0.5) is 0 Å². The average molecular weight is 934 g/mol. The Hall–Kier alpha value is -1.59. The first-order chi connectivity index (χ1) is 32.5. The van der Waals surface area contributed by atoms with Gasteiger partial charge in [-0.15, -0.1) is 0 Å². The highest BCUT2D eigenvalue weighted by atomic mass is 16.6. The fraction of sp³-hybridized carbons (Fsp3) is 0.950. The molecule has 0 aliphatic heterocycles. The largest absolute Gasteiger partial charge is 0.462 e. The molecule has 0 aliphatic rings. The van der Waals surface area contributed by atoms with Gasteiger partial charge in [0, 0.05) is 19.3 Å². The summed E-state index contributed by atoms with van der Waals surface area (Å²) in [6, 6.07) is 0. The Bertz CT molecular complexity index is 982. The van der Waals surface area contributed by atoms with Crippen LogP contribution in [0, 0.1) is 0 Å². The van der Waals surface area contributed by atoms with Crippen molar-refractivity contribution in [1.82, 2.24) is 0 Å². The molecule has 0 N–H and O–H groups in total. The van der Waals surface area contributed by atoms with Crippen molar-refractivity contribution >= 4 is 17.9 Å². The van der Waals surface area contributed by atoms with Crippen LogP contribution < -0.4 is 0 Å². The van der Waals surface area contributed by atoms with Crippen molar-refractivity contribution in [2.24, 2.45) is 0 Å². The first-order valence-electron chi connectivity index (χ1n) is 30.0. The lowest BCUT2D eigenvalue weighted by atomic mass is 10.0. The second-order valence-corrected chi connectivity index (χ2v) is 20.6. The van der Waals surface area contributed by atoms with Crippen LogP contribution in [-0.4, -0.2) is 37.2 Å². The predicted molar refractivity (Wildman–Crippen MR) is 284 cm³/mol. The van der Waals surface area contributed by atoms with Crippen molar-refractivity contribution in [3.8, 4) is 0 Å². The number of unbranched alkanes of at least 4 members (excludes halogenated alkanes) is 45. The molecule has 0 aromatic heterocycles. The Morgan fingerprint density at radius 1 is 0.242 bits per heavy atom. The van der Waals surface area contributed by atoms with E-state index in [0.29, 0.717) is 19.3 Å². The zero-order valence-corrected chi connectivity index (χ0v) is 45.0. The van der Waals surface area contributed by atoms with Crippen molar-refractivity contribution in [2.45, 2.75) is 354 Å². The molecule has 0 aromatic carbocycles. The third-order valence-electron chi connectivity index (χ3n) is 13.9. The minimum absolute atomic E-state index is 0.0609. The van der Waals surface area contributed by atoms with Crippen molar-refractivity contribution in [3.05, 3.63) is 0 Å². The van der Waals surface area contributed by atoms with E-state index in [1.54, 1.807) is 0 Å². The number of hydrogen-bond acceptors (Lipinski definition) is 6. The molecule has 0 spiro atoms. The summed E-state index contributed by atoms with van der Waals surface area (Å²) >= 11 is 0. The first-order valence-corrected chi connectivity index (χ1v) is 30.0. The summed E-state index contributed by atoms with van der Waals surface area (Å²) in [6.45, 7) is 6.71. The van der Waals surface area contributed by atoms with Crippen molar-refractivity contribution in [2.75, 3.05) is 13.2 Å².